The quantitative estimate of drug-likeness (QED) is 0.591. The number of carbonyl (C=O) groups is 1. The summed E-state index contributed by atoms with van der Waals surface area (Å²) in [5, 5.41) is 2.76. The van der Waals surface area contributed by atoms with Gasteiger partial charge < -0.3 is 10.7 Å². The molecule has 2 aromatic rings. The van der Waals surface area contributed by atoms with Crippen LogP contribution in [0.5, 0.6) is 0 Å². The molecule has 0 saturated heterocycles. The number of rotatable bonds is 4. The second-order valence-corrected chi connectivity index (χ2v) is 4.49. The zero-order valence-corrected chi connectivity index (χ0v) is 11.1. The molecule has 0 fully saturated rings. The van der Waals surface area contributed by atoms with E-state index in [2.05, 4.69) is 10.7 Å². The van der Waals surface area contributed by atoms with Gasteiger partial charge >= 0.3 is 0 Å². The zero-order valence-electron chi connectivity index (χ0n) is 11.1. The molecule has 2 aromatic carbocycles. The molecule has 4 nitrogen and oxygen atoms in total. The molecule has 0 aliphatic carbocycles. The molecule has 1 amide bonds. The van der Waals surface area contributed by atoms with Crippen LogP contribution in [0.25, 0.3) is 0 Å². The average Bonchev–Trinajstić information content (AvgIpc) is 2.44. The van der Waals surface area contributed by atoms with Crippen LogP contribution in [0.15, 0.2) is 42.5 Å². The van der Waals surface area contributed by atoms with Crippen molar-refractivity contribution in [3.05, 3.63) is 65.0 Å². The van der Waals surface area contributed by atoms with Crippen molar-refractivity contribution in [1.82, 2.24) is 5.32 Å². The van der Waals surface area contributed by atoms with Crippen molar-refractivity contribution in [2.24, 2.45) is 5.84 Å². The Balaban J connectivity index is 2.05. The molecular formula is C15H16FN3O. The maximum Gasteiger partial charge on any atom is 0.251 e. The highest BCUT2D eigenvalue weighted by Crippen LogP contribution is 2.14. The van der Waals surface area contributed by atoms with E-state index in [9.17, 15) is 9.18 Å². The number of benzene rings is 2. The van der Waals surface area contributed by atoms with Crippen LogP contribution in [0, 0.1) is 12.7 Å². The van der Waals surface area contributed by atoms with Crippen molar-refractivity contribution < 1.29 is 9.18 Å². The fourth-order valence-corrected chi connectivity index (χ4v) is 1.93. The van der Waals surface area contributed by atoms with Gasteiger partial charge in [0.25, 0.3) is 5.91 Å². The number of nitrogen functional groups attached to an aromatic ring is 1. The van der Waals surface area contributed by atoms with E-state index in [0.29, 0.717) is 5.56 Å². The first-order valence-corrected chi connectivity index (χ1v) is 6.20. The van der Waals surface area contributed by atoms with Crippen molar-refractivity contribution in [2.45, 2.75) is 13.5 Å². The lowest BCUT2D eigenvalue weighted by Crippen LogP contribution is -2.23. The maximum absolute atomic E-state index is 13.0. The van der Waals surface area contributed by atoms with E-state index in [-0.39, 0.29) is 18.3 Å². The Bertz CT molecular complexity index is 628. The Hall–Kier alpha value is -2.40. The summed E-state index contributed by atoms with van der Waals surface area (Å²) in [5.41, 5.74) is 5.37. The van der Waals surface area contributed by atoms with Gasteiger partial charge in [-0.05, 0) is 48.4 Å². The minimum Gasteiger partial charge on any atom is -0.348 e. The van der Waals surface area contributed by atoms with Crippen LogP contribution in [0.2, 0.25) is 0 Å². The van der Waals surface area contributed by atoms with Gasteiger partial charge in [0, 0.05) is 17.8 Å². The van der Waals surface area contributed by atoms with E-state index in [4.69, 9.17) is 5.84 Å². The Morgan fingerprint density at radius 3 is 2.70 bits per heavy atom. The number of anilines is 1. The normalized spacial score (nSPS) is 10.2. The Morgan fingerprint density at radius 1 is 1.25 bits per heavy atom. The van der Waals surface area contributed by atoms with Gasteiger partial charge in [-0.15, -0.1) is 0 Å². The van der Waals surface area contributed by atoms with E-state index in [1.807, 2.05) is 6.92 Å². The number of carbonyl (C=O) groups excluding carboxylic acids is 1. The van der Waals surface area contributed by atoms with Crippen LogP contribution in [0.3, 0.4) is 0 Å². The summed E-state index contributed by atoms with van der Waals surface area (Å²) in [6.45, 7) is 2.12. The summed E-state index contributed by atoms with van der Waals surface area (Å²) in [5.74, 6) is 4.80. The molecule has 0 saturated carbocycles. The molecule has 20 heavy (non-hydrogen) atoms. The smallest absolute Gasteiger partial charge is 0.251 e. The standard InChI is InChI=1S/C15H16FN3O/c1-10-7-13(19-17)5-6-14(10)15(20)18-9-11-3-2-4-12(16)8-11/h2-8,19H,9,17H2,1H3,(H,18,20). The molecular weight excluding hydrogens is 257 g/mol. The molecule has 0 atom stereocenters. The number of aryl methyl sites for hydroxylation is 1. The highest BCUT2D eigenvalue weighted by Gasteiger charge is 2.09. The van der Waals surface area contributed by atoms with Gasteiger partial charge in [-0.1, -0.05) is 12.1 Å². The molecule has 5 heteroatoms. The average molecular weight is 273 g/mol. The second-order valence-electron chi connectivity index (χ2n) is 4.49. The fraction of sp³-hybridized carbons (Fsp3) is 0.133. The van der Waals surface area contributed by atoms with Crippen molar-refractivity contribution in [2.75, 3.05) is 5.43 Å². The number of nitrogens with two attached hydrogens (primary N) is 1. The zero-order chi connectivity index (χ0) is 14.5. The topological polar surface area (TPSA) is 67.1 Å². The van der Waals surface area contributed by atoms with Crippen LogP contribution < -0.4 is 16.6 Å². The van der Waals surface area contributed by atoms with Crippen LogP contribution in [-0.2, 0) is 6.54 Å². The number of amides is 1. The number of halogens is 1. The third-order valence-electron chi connectivity index (χ3n) is 2.98. The van der Waals surface area contributed by atoms with Crippen LogP contribution in [-0.4, -0.2) is 5.91 Å². The van der Waals surface area contributed by atoms with Crippen LogP contribution in [0.1, 0.15) is 21.5 Å². The minimum atomic E-state index is -0.314. The monoisotopic (exact) mass is 273 g/mol. The summed E-state index contributed by atoms with van der Waals surface area (Å²) in [6, 6.07) is 11.4. The molecule has 0 bridgehead atoms. The molecule has 0 aliphatic heterocycles. The van der Waals surface area contributed by atoms with Gasteiger partial charge in [-0.3, -0.25) is 10.6 Å². The third kappa shape index (κ3) is 3.33. The molecule has 0 spiro atoms. The third-order valence-corrected chi connectivity index (χ3v) is 2.98. The molecule has 104 valence electrons. The van der Waals surface area contributed by atoms with Gasteiger partial charge in [0.2, 0.25) is 0 Å². The summed E-state index contributed by atoms with van der Waals surface area (Å²) in [6.07, 6.45) is 0. The van der Waals surface area contributed by atoms with E-state index in [1.54, 1.807) is 30.3 Å². The van der Waals surface area contributed by atoms with Crippen molar-refractivity contribution in [3.63, 3.8) is 0 Å². The number of nitrogens with one attached hydrogen (secondary N) is 2. The first-order chi connectivity index (χ1) is 9.60. The van der Waals surface area contributed by atoms with Crippen LogP contribution in [0.4, 0.5) is 10.1 Å². The van der Waals surface area contributed by atoms with Crippen molar-refractivity contribution in [1.29, 1.82) is 0 Å². The summed E-state index contributed by atoms with van der Waals surface area (Å²) in [4.78, 5) is 12.1. The largest absolute Gasteiger partial charge is 0.348 e. The lowest BCUT2D eigenvalue weighted by atomic mass is 10.1. The number of hydrogen-bond donors (Lipinski definition) is 3. The summed E-state index contributed by atoms with van der Waals surface area (Å²) < 4.78 is 13.0. The fourth-order valence-electron chi connectivity index (χ4n) is 1.93. The van der Waals surface area contributed by atoms with Gasteiger partial charge in [0.15, 0.2) is 0 Å². The predicted octanol–water partition coefficient (Wildman–Crippen LogP) is 2.35. The molecule has 0 aliphatic rings. The Kier molecular flexibility index (Phi) is 4.32. The predicted molar refractivity (Wildman–Crippen MR) is 76.6 cm³/mol. The molecule has 0 unspecified atom stereocenters. The van der Waals surface area contributed by atoms with Crippen LogP contribution >= 0.6 is 0 Å². The van der Waals surface area contributed by atoms with E-state index >= 15 is 0 Å². The second kappa shape index (κ2) is 6.16. The maximum atomic E-state index is 13.0. The molecule has 2 rings (SSSR count). The number of hydrogen-bond acceptors (Lipinski definition) is 3. The highest BCUT2D eigenvalue weighted by molar-refractivity contribution is 5.96. The molecule has 0 aromatic heterocycles. The first kappa shape index (κ1) is 14.0. The molecule has 0 heterocycles. The van der Waals surface area contributed by atoms with E-state index < -0.39 is 0 Å². The van der Waals surface area contributed by atoms with Gasteiger partial charge in [-0.2, -0.15) is 0 Å². The van der Waals surface area contributed by atoms with Crippen molar-refractivity contribution in [3.8, 4) is 0 Å². The van der Waals surface area contributed by atoms with Gasteiger partial charge in [-0.25, -0.2) is 4.39 Å². The van der Waals surface area contributed by atoms with Gasteiger partial charge in [0.1, 0.15) is 5.82 Å². The summed E-state index contributed by atoms with van der Waals surface area (Å²) in [7, 11) is 0. The molecule has 4 N–H and O–H groups in total. The lowest BCUT2D eigenvalue weighted by Gasteiger charge is -2.09. The first-order valence-electron chi connectivity index (χ1n) is 6.20. The SMILES string of the molecule is Cc1cc(NN)ccc1C(=O)NCc1cccc(F)c1. The number of hydrazine groups is 1. The van der Waals surface area contributed by atoms with Crippen molar-refractivity contribution >= 4 is 11.6 Å². The lowest BCUT2D eigenvalue weighted by molar-refractivity contribution is 0.0950. The highest BCUT2D eigenvalue weighted by atomic mass is 19.1. The molecule has 0 radical (unpaired) electrons. The summed E-state index contributed by atoms with van der Waals surface area (Å²) >= 11 is 0. The van der Waals surface area contributed by atoms with Gasteiger partial charge in [0.05, 0.1) is 0 Å². The Morgan fingerprint density at radius 2 is 2.05 bits per heavy atom. The Labute approximate surface area is 116 Å². The minimum absolute atomic E-state index is 0.199. The van der Waals surface area contributed by atoms with E-state index in [1.165, 1.54) is 12.1 Å². The van der Waals surface area contributed by atoms with E-state index in [0.717, 1.165) is 16.8 Å².